The van der Waals surface area contributed by atoms with Crippen LogP contribution >= 0.6 is 0 Å². The van der Waals surface area contributed by atoms with E-state index in [0.29, 0.717) is 6.54 Å². The van der Waals surface area contributed by atoms with E-state index in [1.807, 2.05) is 9.47 Å². The third kappa shape index (κ3) is 3.95. The molecule has 0 aromatic carbocycles. The van der Waals surface area contributed by atoms with Gasteiger partial charge in [-0.05, 0) is 25.2 Å². The van der Waals surface area contributed by atoms with Gasteiger partial charge in [-0.15, -0.1) is 10.2 Å². The lowest BCUT2D eigenvalue weighted by molar-refractivity contribution is 0.199. The maximum absolute atomic E-state index is 12.1. The van der Waals surface area contributed by atoms with Crippen LogP contribution in [0.1, 0.15) is 38.9 Å². The fraction of sp³-hybridized carbons (Fsp3) is 0.786. The largest absolute Gasteiger partial charge is 0.336 e. The zero-order valence-corrected chi connectivity index (χ0v) is 12.5. The summed E-state index contributed by atoms with van der Waals surface area (Å²) in [5.74, 6) is 1.69. The van der Waals surface area contributed by atoms with Crippen molar-refractivity contribution in [3.05, 3.63) is 12.2 Å². The van der Waals surface area contributed by atoms with Crippen LogP contribution in [0.2, 0.25) is 0 Å². The Morgan fingerprint density at radius 1 is 1.45 bits per heavy atom. The molecule has 6 heteroatoms. The van der Waals surface area contributed by atoms with Gasteiger partial charge in [0.15, 0.2) is 0 Å². The Morgan fingerprint density at radius 3 is 3.10 bits per heavy atom. The summed E-state index contributed by atoms with van der Waals surface area (Å²) in [5, 5.41) is 10.9. The molecule has 1 fully saturated rings. The van der Waals surface area contributed by atoms with Crippen molar-refractivity contribution in [1.29, 1.82) is 0 Å². The Morgan fingerprint density at radius 2 is 2.30 bits per heavy atom. The first-order valence-corrected chi connectivity index (χ1v) is 7.60. The molecule has 20 heavy (non-hydrogen) atoms. The predicted octanol–water partition coefficient (Wildman–Crippen LogP) is 1.67. The summed E-state index contributed by atoms with van der Waals surface area (Å²) in [6, 6.07) is 0.0604. The summed E-state index contributed by atoms with van der Waals surface area (Å²) in [7, 11) is 0. The van der Waals surface area contributed by atoms with Gasteiger partial charge in [-0.2, -0.15) is 0 Å². The smallest absolute Gasteiger partial charge is 0.317 e. The third-order valence-corrected chi connectivity index (χ3v) is 3.94. The molecule has 0 bridgehead atoms. The highest BCUT2D eigenvalue weighted by Crippen LogP contribution is 2.16. The molecule has 1 aromatic heterocycles. The van der Waals surface area contributed by atoms with Gasteiger partial charge in [-0.3, -0.25) is 0 Å². The lowest BCUT2D eigenvalue weighted by Crippen LogP contribution is -2.41. The van der Waals surface area contributed by atoms with Gasteiger partial charge in [-0.25, -0.2) is 4.79 Å². The molecular weight excluding hydrogens is 254 g/mol. The molecule has 0 radical (unpaired) electrons. The van der Waals surface area contributed by atoms with Crippen LogP contribution in [0.4, 0.5) is 4.79 Å². The number of nitrogens with one attached hydrogen (secondary N) is 1. The zero-order chi connectivity index (χ0) is 14.4. The van der Waals surface area contributed by atoms with Crippen molar-refractivity contribution < 1.29 is 4.79 Å². The average Bonchev–Trinajstić information content (AvgIpc) is 2.78. The van der Waals surface area contributed by atoms with E-state index in [9.17, 15) is 4.79 Å². The van der Waals surface area contributed by atoms with Crippen LogP contribution in [0.5, 0.6) is 0 Å². The molecule has 0 saturated carbocycles. The number of aryl methyl sites for hydroxylation is 1. The lowest BCUT2D eigenvalue weighted by Gasteiger charge is -2.21. The monoisotopic (exact) mass is 279 g/mol. The molecule has 1 aliphatic rings. The van der Waals surface area contributed by atoms with Crippen LogP contribution in [-0.4, -0.2) is 45.3 Å². The second-order valence-electron chi connectivity index (χ2n) is 5.55. The van der Waals surface area contributed by atoms with Gasteiger partial charge in [0.05, 0.1) is 0 Å². The van der Waals surface area contributed by atoms with Crippen LogP contribution in [0.25, 0.3) is 0 Å². The summed E-state index contributed by atoms with van der Waals surface area (Å²) in [5.41, 5.74) is 0. The fourth-order valence-corrected chi connectivity index (χ4v) is 2.60. The summed E-state index contributed by atoms with van der Waals surface area (Å²) >= 11 is 0. The fourth-order valence-electron chi connectivity index (χ4n) is 2.60. The number of urea groups is 1. The molecule has 1 saturated heterocycles. The number of hydrogen-bond donors (Lipinski definition) is 1. The van der Waals surface area contributed by atoms with Gasteiger partial charge in [0, 0.05) is 32.6 Å². The van der Waals surface area contributed by atoms with Crippen LogP contribution in [0, 0.1) is 5.92 Å². The molecule has 0 aliphatic carbocycles. The molecule has 1 N–H and O–H groups in total. The highest BCUT2D eigenvalue weighted by Gasteiger charge is 2.17. The molecule has 2 rings (SSSR count). The number of nitrogens with zero attached hydrogens (tertiary/aromatic N) is 4. The summed E-state index contributed by atoms with van der Waals surface area (Å²) in [6.45, 7) is 7.42. The van der Waals surface area contributed by atoms with Gasteiger partial charge in [0.25, 0.3) is 0 Å². The molecule has 6 nitrogen and oxygen atoms in total. The molecule has 2 heterocycles. The minimum absolute atomic E-state index is 0.0604. The van der Waals surface area contributed by atoms with Crippen molar-refractivity contribution in [3.63, 3.8) is 0 Å². The molecule has 0 spiro atoms. The highest BCUT2D eigenvalue weighted by molar-refractivity contribution is 5.74. The molecule has 1 aromatic rings. The lowest BCUT2D eigenvalue weighted by atomic mass is 10.0. The Hall–Kier alpha value is -1.59. The topological polar surface area (TPSA) is 63.1 Å². The molecule has 112 valence electrons. The van der Waals surface area contributed by atoms with E-state index in [-0.39, 0.29) is 6.03 Å². The summed E-state index contributed by atoms with van der Waals surface area (Å²) in [4.78, 5) is 14.1. The average molecular weight is 279 g/mol. The molecular formula is C14H25N5O. The summed E-state index contributed by atoms with van der Waals surface area (Å²) < 4.78 is 1.99. The Balaban J connectivity index is 1.74. The van der Waals surface area contributed by atoms with Crippen LogP contribution in [-0.2, 0) is 13.0 Å². The first kappa shape index (κ1) is 14.8. The van der Waals surface area contributed by atoms with Crippen molar-refractivity contribution in [2.75, 3.05) is 19.6 Å². The van der Waals surface area contributed by atoms with E-state index in [0.717, 1.165) is 50.6 Å². The van der Waals surface area contributed by atoms with Crippen LogP contribution in [0.15, 0.2) is 6.33 Å². The Labute approximate surface area is 120 Å². The van der Waals surface area contributed by atoms with Gasteiger partial charge in [0.1, 0.15) is 12.2 Å². The first-order chi connectivity index (χ1) is 9.70. The van der Waals surface area contributed by atoms with Gasteiger partial charge < -0.3 is 14.8 Å². The molecule has 1 atom stereocenters. The number of likely N-dealkylation sites (tertiary alicyclic amines) is 1. The molecule has 0 unspecified atom stereocenters. The Kier molecular flexibility index (Phi) is 5.38. The SMILES string of the molecule is CCc1nncn1CCNC(=O)N1CCC[C@@H](C)CC1. The van der Waals surface area contributed by atoms with E-state index in [1.54, 1.807) is 6.33 Å². The standard InChI is InChI=1S/C14H25N5O/c1-3-13-17-16-11-19(13)10-7-15-14(20)18-8-4-5-12(2)6-9-18/h11-12H,3-10H2,1-2H3,(H,15,20)/t12-/m1/s1. The highest BCUT2D eigenvalue weighted by atomic mass is 16.2. The number of aromatic nitrogens is 3. The van der Waals surface area contributed by atoms with Crippen LogP contribution in [0.3, 0.4) is 0 Å². The van der Waals surface area contributed by atoms with E-state index in [4.69, 9.17) is 0 Å². The van der Waals surface area contributed by atoms with E-state index in [1.165, 1.54) is 6.42 Å². The van der Waals surface area contributed by atoms with Gasteiger partial charge in [0.2, 0.25) is 0 Å². The van der Waals surface area contributed by atoms with Crippen molar-refractivity contribution in [3.8, 4) is 0 Å². The number of hydrogen-bond acceptors (Lipinski definition) is 3. The maximum Gasteiger partial charge on any atom is 0.317 e. The Bertz CT molecular complexity index is 431. The predicted molar refractivity (Wildman–Crippen MR) is 77.4 cm³/mol. The first-order valence-electron chi connectivity index (χ1n) is 7.60. The maximum atomic E-state index is 12.1. The number of rotatable bonds is 4. The zero-order valence-electron chi connectivity index (χ0n) is 12.5. The summed E-state index contributed by atoms with van der Waals surface area (Å²) in [6.07, 6.45) is 6.03. The van der Waals surface area contributed by atoms with E-state index < -0.39 is 0 Å². The molecule has 1 aliphatic heterocycles. The third-order valence-electron chi connectivity index (χ3n) is 3.94. The van der Waals surface area contributed by atoms with E-state index in [2.05, 4.69) is 29.4 Å². The van der Waals surface area contributed by atoms with Crippen molar-refractivity contribution in [2.24, 2.45) is 5.92 Å². The van der Waals surface area contributed by atoms with Crippen molar-refractivity contribution in [2.45, 2.75) is 46.1 Å². The quantitative estimate of drug-likeness (QED) is 0.912. The molecule has 2 amide bonds. The van der Waals surface area contributed by atoms with Crippen LogP contribution < -0.4 is 5.32 Å². The van der Waals surface area contributed by atoms with Crippen molar-refractivity contribution >= 4 is 6.03 Å². The second kappa shape index (κ2) is 7.26. The van der Waals surface area contributed by atoms with Crippen molar-refractivity contribution in [1.82, 2.24) is 25.0 Å². The van der Waals surface area contributed by atoms with Gasteiger partial charge >= 0.3 is 6.03 Å². The minimum atomic E-state index is 0.0604. The number of amides is 2. The number of carbonyl (C=O) groups is 1. The normalized spacial score (nSPS) is 19.7. The minimum Gasteiger partial charge on any atom is -0.336 e. The van der Waals surface area contributed by atoms with E-state index >= 15 is 0 Å². The number of carbonyl (C=O) groups excluding carboxylic acids is 1. The second-order valence-corrected chi connectivity index (χ2v) is 5.55. The van der Waals surface area contributed by atoms with Gasteiger partial charge in [-0.1, -0.05) is 13.8 Å².